The average Bonchev–Trinajstić information content (AvgIpc) is 3.00. The van der Waals surface area contributed by atoms with Gasteiger partial charge in [0.15, 0.2) is 0 Å². The van der Waals surface area contributed by atoms with Gasteiger partial charge in [-0.2, -0.15) is 11.8 Å². The number of nitrogens with zero attached hydrogens (tertiary/aromatic N) is 1. The minimum Gasteiger partial charge on any atom is -0.464 e. The van der Waals surface area contributed by atoms with Gasteiger partial charge in [-0.05, 0) is 11.6 Å². The number of anilines is 1. The van der Waals surface area contributed by atoms with Crippen molar-refractivity contribution < 1.29 is 33.3 Å². The summed E-state index contributed by atoms with van der Waals surface area (Å²) in [5, 5.41) is 0.228. The molecule has 10 heteroatoms. The molecule has 1 saturated heterocycles. The average molecular weight is 564 g/mol. The number of likely N-dealkylation sites (N-methyl/N-ethyl adjacent to an activating group) is 1. The minimum absolute atomic E-state index is 0.0537. The monoisotopic (exact) mass is 563 g/mol. The van der Waals surface area contributed by atoms with Crippen LogP contribution in [0.25, 0.3) is 0 Å². The first-order chi connectivity index (χ1) is 18.1. The molecule has 3 rings (SSSR count). The van der Waals surface area contributed by atoms with E-state index in [1.165, 1.54) is 12.7 Å². The molecule has 1 aromatic rings. The first-order valence-electron chi connectivity index (χ1n) is 12.5. The van der Waals surface area contributed by atoms with Crippen LogP contribution in [0.1, 0.15) is 32.3 Å². The van der Waals surface area contributed by atoms with E-state index in [0.717, 1.165) is 34.2 Å². The number of ether oxygens (including phenoxy) is 4. The summed E-state index contributed by atoms with van der Waals surface area (Å²) in [6.45, 7) is 8.34. The van der Waals surface area contributed by atoms with Gasteiger partial charge in [0.05, 0.1) is 25.0 Å². The number of methoxy groups -OCH3 is 1. The number of hydrogen-bond donors (Lipinski definition) is 0. The van der Waals surface area contributed by atoms with Crippen molar-refractivity contribution in [2.75, 3.05) is 62.7 Å². The van der Waals surface area contributed by atoms with E-state index in [0.29, 0.717) is 12.2 Å². The molecule has 0 amide bonds. The summed E-state index contributed by atoms with van der Waals surface area (Å²) < 4.78 is 21.2. The van der Waals surface area contributed by atoms with Crippen LogP contribution >= 0.6 is 23.5 Å². The van der Waals surface area contributed by atoms with Crippen LogP contribution in [0.5, 0.6) is 0 Å². The normalized spacial score (nSPS) is 19.8. The molecule has 208 valence electrons. The Bertz CT molecular complexity index is 1070. The number of hydrogen-bond acceptors (Lipinski definition) is 10. The molecule has 1 unspecified atom stereocenters. The zero-order chi connectivity index (χ0) is 27.7. The second kappa shape index (κ2) is 14.1. The van der Waals surface area contributed by atoms with Gasteiger partial charge in [-0.15, -0.1) is 11.8 Å². The predicted octanol–water partition coefficient (Wildman–Crippen LogP) is 4.13. The minimum atomic E-state index is -0.545. The number of rotatable bonds is 11. The van der Waals surface area contributed by atoms with Crippen molar-refractivity contribution in [2.24, 2.45) is 0 Å². The molecule has 1 aromatic carbocycles. The smallest absolute Gasteiger partial charge is 0.338 e. The number of allylic oxidation sites excluding steroid dienone is 1. The zero-order valence-corrected chi connectivity index (χ0v) is 24.2. The summed E-state index contributed by atoms with van der Waals surface area (Å²) >= 11 is 3.53. The van der Waals surface area contributed by atoms with Gasteiger partial charge in [0.25, 0.3) is 0 Å². The second-order valence-electron chi connectivity index (χ2n) is 9.70. The molecule has 2 aliphatic rings. The van der Waals surface area contributed by atoms with E-state index in [9.17, 15) is 14.4 Å². The highest BCUT2D eigenvalue weighted by atomic mass is 32.2. The molecule has 0 aliphatic carbocycles. The number of thioether (sulfide) groups is 2. The van der Waals surface area contributed by atoms with E-state index in [1.807, 2.05) is 30.1 Å². The molecule has 2 aliphatic heterocycles. The van der Waals surface area contributed by atoms with E-state index in [4.69, 9.17) is 18.9 Å². The Hall–Kier alpha value is -2.43. The highest BCUT2D eigenvalue weighted by molar-refractivity contribution is 8.04. The van der Waals surface area contributed by atoms with Gasteiger partial charge >= 0.3 is 17.9 Å². The molecule has 38 heavy (non-hydrogen) atoms. The van der Waals surface area contributed by atoms with E-state index in [2.05, 4.69) is 26.5 Å². The van der Waals surface area contributed by atoms with Gasteiger partial charge in [-0.1, -0.05) is 44.2 Å². The van der Waals surface area contributed by atoms with Gasteiger partial charge in [0.1, 0.15) is 19.8 Å². The Morgan fingerprint density at radius 1 is 1.05 bits per heavy atom. The lowest BCUT2D eigenvalue weighted by molar-refractivity contribution is -0.153. The fourth-order valence-electron chi connectivity index (χ4n) is 4.58. The van der Waals surface area contributed by atoms with E-state index in [-0.39, 0.29) is 37.9 Å². The van der Waals surface area contributed by atoms with Crippen molar-refractivity contribution in [3.63, 3.8) is 0 Å². The number of benzene rings is 1. The summed E-state index contributed by atoms with van der Waals surface area (Å²) in [4.78, 5) is 39.1. The second-order valence-corrected chi connectivity index (χ2v) is 12.0. The fraction of sp³-hybridized carbons (Fsp3) is 0.536. The highest BCUT2D eigenvalue weighted by Gasteiger charge is 2.41. The van der Waals surface area contributed by atoms with Crippen LogP contribution in [0.15, 0.2) is 47.7 Å². The lowest BCUT2D eigenvalue weighted by atomic mass is 9.82. The molecule has 0 radical (unpaired) electrons. The number of esters is 3. The van der Waals surface area contributed by atoms with E-state index in [1.54, 1.807) is 23.5 Å². The van der Waals surface area contributed by atoms with Crippen LogP contribution in [0.3, 0.4) is 0 Å². The molecular formula is C28H37NO7S2. The molecular weight excluding hydrogens is 526 g/mol. The van der Waals surface area contributed by atoms with Crippen molar-refractivity contribution in [3.8, 4) is 0 Å². The Morgan fingerprint density at radius 2 is 1.74 bits per heavy atom. The maximum Gasteiger partial charge on any atom is 0.338 e. The van der Waals surface area contributed by atoms with Crippen molar-refractivity contribution in [1.29, 1.82) is 0 Å². The molecule has 1 fully saturated rings. The lowest BCUT2D eigenvalue weighted by Gasteiger charge is -2.27. The molecule has 0 N–H and O–H groups in total. The molecule has 8 nitrogen and oxygen atoms in total. The molecule has 0 aromatic heterocycles. The Labute approximate surface area is 233 Å². The maximum absolute atomic E-state index is 13.0. The quantitative estimate of drug-likeness (QED) is 0.129. The van der Waals surface area contributed by atoms with E-state index < -0.39 is 23.3 Å². The summed E-state index contributed by atoms with van der Waals surface area (Å²) in [7, 11) is 3.45. The summed E-state index contributed by atoms with van der Waals surface area (Å²) in [6, 6.07) is 8.01. The van der Waals surface area contributed by atoms with Gasteiger partial charge in [0.2, 0.25) is 0 Å². The highest BCUT2D eigenvalue weighted by Crippen LogP contribution is 2.48. The summed E-state index contributed by atoms with van der Waals surface area (Å²) in [5.41, 5.74) is 4.14. The first-order valence-corrected chi connectivity index (χ1v) is 14.8. The SMILES string of the molecule is C=C1CSCC(COC(=O)CCC(=O)OCCOC(=O)/C(COC)=C2/N(C)c3ccccc3C2(C)C)SC1. The summed E-state index contributed by atoms with van der Waals surface area (Å²) in [5.74, 6) is 1.22. The van der Waals surface area contributed by atoms with Crippen molar-refractivity contribution >= 4 is 47.1 Å². The van der Waals surface area contributed by atoms with E-state index >= 15 is 0 Å². The van der Waals surface area contributed by atoms with Crippen LogP contribution in [-0.2, 0) is 38.7 Å². The number of carbonyl (C=O) groups is 3. The van der Waals surface area contributed by atoms with Crippen LogP contribution in [0.4, 0.5) is 5.69 Å². The fourth-order valence-corrected chi connectivity index (χ4v) is 6.99. The molecule has 1 atom stereocenters. The van der Waals surface area contributed by atoms with Gasteiger partial charge in [-0.25, -0.2) is 4.79 Å². The molecule has 2 heterocycles. The van der Waals surface area contributed by atoms with Crippen LogP contribution in [0.2, 0.25) is 0 Å². The Kier molecular flexibility index (Phi) is 11.2. The number of para-hydroxylation sites is 1. The first kappa shape index (κ1) is 30.1. The molecule has 0 spiro atoms. The third-order valence-corrected chi connectivity index (χ3v) is 9.17. The van der Waals surface area contributed by atoms with Gasteiger partial charge in [0, 0.05) is 53.5 Å². The third-order valence-electron chi connectivity index (χ3n) is 6.36. The van der Waals surface area contributed by atoms with Crippen LogP contribution < -0.4 is 4.90 Å². The molecule has 0 bridgehead atoms. The number of fused-ring (bicyclic) bond motifs is 1. The largest absolute Gasteiger partial charge is 0.464 e. The lowest BCUT2D eigenvalue weighted by Crippen LogP contribution is -2.30. The third kappa shape index (κ3) is 7.80. The van der Waals surface area contributed by atoms with Crippen molar-refractivity contribution in [2.45, 2.75) is 37.4 Å². The number of carbonyl (C=O) groups excluding carboxylic acids is 3. The molecule has 0 saturated carbocycles. The Morgan fingerprint density at radius 3 is 2.45 bits per heavy atom. The van der Waals surface area contributed by atoms with Crippen molar-refractivity contribution in [1.82, 2.24) is 0 Å². The van der Waals surface area contributed by atoms with Crippen LogP contribution in [0, 0.1) is 0 Å². The van der Waals surface area contributed by atoms with Gasteiger partial charge < -0.3 is 23.8 Å². The maximum atomic E-state index is 13.0. The van der Waals surface area contributed by atoms with Gasteiger partial charge in [-0.3, -0.25) is 9.59 Å². The Balaban J connectivity index is 1.42. The standard InChI is InChI=1S/C28H37NO7S2/c1-19-16-37-18-20(38-17-19)14-36-25(31)11-10-24(30)34-12-13-35-27(32)21(15-33-5)26-28(2,3)22-8-6-7-9-23(22)29(26)4/h6-9,20H,1,10-18H2,2-5H3/b26-21+. The summed E-state index contributed by atoms with van der Waals surface area (Å²) in [6.07, 6.45) is -0.145. The van der Waals surface area contributed by atoms with Crippen LogP contribution in [-0.4, -0.2) is 81.0 Å². The topological polar surface area (TPSA) is 91.4 Å². The van der Waals surface area contributed by atoms with Crippen molar-refractivity contribution in [3.05, 3.63) is 53.3 Å². The zero-order valence-electron chi connectivity index (χ0n) is 22.6. The predicted molar refractivity (Wildman–Crippen MR) is 152 cm³/mol.